The van der Waals surface area contributed by atoms with Crippen molar-refractivity contribution in [1.82, 2.24) is 14.9 Å². The fourth-order valence-electron chi connectivity index (χ4n) is 2.96. The van der Waals surface area contributed by atoms with Crippen molar-refractivity contribution in [3.8, 4) is 0 Å². The summed E-state index contributed by atoms with van der Waals surface area (Å²) in [6.45, 7) is 5.29. The van der Waals surface area contributed by atoms with Crippen molar-refractivity contribution in [3.05, 3.63) is 46.1 Å². The number of aliphatic carboxylic acids is 1. The summed E-state index contributed by atoms with van der Waals surface area (Å²) in [5.41, 5.74) is 3.76. The van der Waals surface area contributed by atoms with Crippen molar-refractivity contribution >= 4 is 49.1 Å². The van der Waals surface area contributed by atoms with Crippen molar-refractivity contribution in [1.29, 1.82) is 0 Å². The van der Waals surface area contributed by atoms with Gasteiger partial charge in [0.05, 0.1) is 26.6 Å². The van der Waals surface area contributed by atoms with Gasteiger partial charge < -0.3 is 15.0 Å². The van der Waals surface area contributed by atoms with Gasteiger partial charge in [0.2, 0.25) is 0 Å². The Morgan fingerprint density at radius 3 is 2.55 bits per heavy atom. The molecule has 1 aliphatic heterocycles. The third kappa shape index (κ3) is 5.71. The average Bonchev–Trinajstić information content (AvgIpc) is 3.24. The SMILES string of the molecule is Brc1csc2cc(CN3CCN(c4cccnc4)CC3)[nH]c12.O=C(O)C(F)(F)F. The van der Waals surface area contributed by atoms with E-state index >= 15 is 0 Å². The Hall–Kier alpha value is -2.11. The number of thiophene rings is 1. The van der Waals surface area contributed by atoms with Crippen LogP contribution in [0.2, 0.25) is 0 Å². The van der Waals surface area contributed by atoms with Crippen molar-refractivity contribution in [3.63, 3.8) is 0 Å². The maximum atomic E-state index is 10.6. The predicted octanol–water partition coefficient (Wildman–Crippen LogP) is 4.34. The van der Waals surface area contributed by atoms with Crippen LogP contribution in [0.25, 0.3) is 10.2 Å². The van der Waals surface area contributed by atoms with Gasteiger partial charge in [0.25, 0.3) is 0 Å². The molecule has 0 aromatic carbocycles. The van der Waals surface area contributed by atoms with Crippen LogP contribution in [0.4, 0.5) is 18.9 Å². The van der Waals surface area contributed by atoms with Gasteiger partial charge in [-0.05, 0) is 34.1 Å². The number of fused-ring (bicyclic) bond motifs is 1. The highest BCUT2D eigenvalue weighted by molar-refractivity contribution is 9.10. The van der Waals surface area contributed by atoms with Crippen LogP contribution in [-0.2, 0) is 11.3 Å². The van der Waals surface area contributed by atoms with Crippen LogP contribution in [-0.4, -0.2) is 58.3 Å². The minimum atomic E-state index is -5.08. The zero-order valence-corrected chi connectivity index (χ0v) is 17.5. The molecule has 2 N–H and O–H groups in total. The van der Waals surface area contributed by atoms with Gasteiger partial charge in [0.1, 0.15) is 0 Å². The number of nitrogens with one attached hydrogen (secondary N) is 1. The summed E-state index contributed by atoms with van der Waals surface area (Å²) in [6.07, 6.45) is -1.30. The Morgan fingerprint density at radius 2 is 2.00 bits per heavy atom. The number of carboxylic acid groups (broad SMARTS) is 1. The number of alkyl halides is 3. The van der Waals surface area contributed by atoms with Gasteiger partial charge >= 0.3 is 12.1 Å². The molecule has 0 bridgehead atoms. The molecule has 3 aromatic heterocycles. The lowest BCUT2D eigenvalue weighted by atomic mass is 10.2. The molecule has 0 amide bonds. The first-order valence-electron chi connectivity index (χ1n) is 8.66. The summed E-state index contributed by atoms with van der Waals surface area (Å²) >= 11 is 5.37. The number of hydrogen-bond acceptors (Lipinski definition) is 5. The van der Waals surface area contributed by atoms with Gasteiger partial charge in [-0.2, -0.15) is 13.2 Å². The molecular formula is C18H18BrF3N4O2S. The van der Waals surface area contributed by atoms with Gasteiger partial charge in [0.15, 0.2) is 0 Å². The Bertz CT molecular complexity index is 953. The Balaban J connectivity index is 0.000000298. The van der Waals surface area contributed by atoms with Gasteiger partial charge in [-0.1, -0.05) is 0 Å². The quantitative estimate of drug-likeness (QED) is 0.571. The van der Waals surface area contributed by atoms with E-state index in [1.54, 1.807) is 11.3 Å². The highest BCUT2D eigenvalue weighted by Crippen LogP contribution is 2.30. The van der Waals surface area contributed by atoms with Crippen LogP contribution >= 0.6 is 27.3 Å². The smallest absolute Gasteiger partial charge is 0.475 e. The van der Waals surface area contributed by atoms with Crippen LogP contribution in [0.1, 0.15) is 5.69 Å². The highest BCUT2D eigenvalue weighted by Gasteiger charge is 2.38. The molecule has 1 aliphatic rings. The van der Waals surface area contributed by atoms with E-state index in [9.17, 15) is 13.2 Å². The summed E-state index contributed by atoms with van der Waals surface area (Å²) in [4.78, 5) is 21.6. The minimum absolute atomic E-state index is 0.995. The summed E-state index contributed by atoms with van der Waals surface area (Å²) in [5.74, 6) is -2.76. The molecule has 0 spiro atoms. The molecule has 0 atom stereocenters. The largest absolute Gasteiger partial charge is 0.490 e. The van der Waals surface area contributed by atoms with E-state index in [-0.39, 0.29) is 0 Å². The molecule has 29 heavy (non-hydrogen) atoms. The normalized spacial score (nSPS) is 15.2. The number of piperazine rings is 1. The van der Waals surface area contributed by atoms with Crippen LogP contribution in [0.5, 0.6) is 0 Å². The number of H-pyrrole nitrogens is 1. The molecule has 1 fully saturated rings. The summed E-state index contributed by atoms with van der Waals surface area (Å²) < 4.78 is 34.2. The zero-order valence-electron chi connectivity index (χ0n) is 15.1. The molecule has 6 nitrogen and oxygen atoms in total. The van der Waals surface area contributed by atoms with Gasteiger partial charge in [-0.15, -0.1) is 11.3 Å². The van der Waals surface area contributed by atoms with E-state index in [2.05, 4.69) is 53.2 Å². The number of carboxylic acids is 1. The molecule has 4 rings (SSSR count). The number of aromatic amines is 1. The first kappa shape index (κ1) is 21.6. The fraction of sp³-hybridized carbons (Fsp3) is 0.333. The maximum absolute atomic E-state index is 10.6. The zero-order chi connectivity index (χ0) is 21.0. The van der Waals surface area contributed by atoms with Crippen molar-refractivity contribution in [2.45, 2.75) is 12.7 Å². The third-order valence-corrected chi connectivity index (χ3v) is 6.24. The number of halogens is 4. The van der Waals surface area contributed by atoms with Crippen molar-refractivity contribution in [2.24, 2.45) is 0 Å². The number of carbonyl (C=O) groups is 1. The Morgan fingerprint density at radius 1 is 1.31 bits per heavy atom. The topological polar surface area (TPSA) is 72.5 Å². The molecular weight excluding hydrogens is 473 g/mol. The van der Waals surface area contributed by atoms with E-state index in [0.717, 1.165) is 32.7 Å². The second-order valence-corrected chi connectivity index (χ2v) is 8.16. The van der Waals surface area contributed by atoms with E-state index in [1.165, 1.54) is 26.1 Å². The summed E-state index contributed by atoms with van der Waals surface area (Å²) in [5, 5.41) is 9.26. The van der Waals surface area contributed by atoms with Gasteiger partial charge in [-0.25, -0.2) is 4.79 Å². The van der Waals surface area contributed by atoms with E-state index in [1.807, 2.05) is 18.5 Å². The second-order valence-electron chi connectivity index (χ2n) is 6.39. The van der Waals surface area contributed by atoms with Crippen molar-refractivity contribution < 1.29 is 23.1 Å². The Kier molecular flexibility index (Phi) is 6.81. The molecule has 0 saturated carbocycles. The van der Waals surface area contributed by atoms with Crippen molar-refractivity contribution in [2.75, 3.05) is 31.1 Å². The molecule has 0 aliphatic carbocycles. The molecule has 156 valence electrons. The van der Waals surface area contributed by atoms with E-state index in [0.29, 0.717) is 0 Å². The average molecular weight is 491 g/mol. The number of hydrogen-bond donors (Lipinski definition) is 2. The molecule has 0 unspecified atom stereocenters. The highest BCUT2D eigenvalue weighted by atomic mass is 79.9. The molecule has 1 saturated heterocycles. The molecule has 4 heterocycles. The maximum Gasteiger partial charge on any atom is 0.490 e. The van der Waals surface area contributed by atoms with Gasteiger partial charge in [-0.3, -0.25) is 9.88 Å². The van der Waals surface area contributed by atoms with Crippen LogP contribution in [0.3, 0.4) is 0 Å². The lowest BCUT2D eigenvalue weighted by molar-refractivity contribution is -0.192. The molecule has 3 aromatic rings. The van der Waals surface area contributed by atoms with Crippen LogP contribution < -0.4 is 4.90 Å². The lowest BCUT2D eigenvalue weighted by Crippen LogP contribution is -2.46. The minimum Gasteiger partial charge on any atom is -0.475 e. The second kappa shape index (κ2) is 9.14. The number of nitrogens with zero attached hydrogens (tertiary/aromatic N) is 3. The van der Waals surface area contributed by atoms with E-state index in [4.69, 9.17) is 9.90 Å². The molecule has 11 heteroatoms. The number of aromatic nitrogens is 2. The fourth-order valence-corrected chi connectivity index (χ4v) is 4.53. The number of pyridine rings is 1. The summed E-state index contributed by atoms with van der Waals surface area (Å²) in [7, 11) is 0. The monoisotopic (exact) mass is 490 g/mol. The first-order valence-corrected chi connectivity index (χ1v) is 10.3. The van der Waals surface area contributed by atoms with Crippen LogP contribution in [0, 0.1) is 0 Å². The standard InChI is InChI=1S/C16H17BrN4S.C2HF3O2/c17-14-11-22-15-8-12(19-16(14)15)10-20-4-6-21(7-5-20)13-2-1-3-18-9-13;3-2(4,5)1(6)7/h1-3,8-9,11,19H,4-7,10H2;(H,6,7). The Labute approximate surface area is 177 Å². The summed E-state index contributed by atoms with van der Waals surface area (Å²) in [6, 6.07) is 6.42. The first-order chi connectivity index (χ1) is 13.7. The number of rotatable bonds is 3. The van der Waals surface area contributed by atoms with Gasteiger partial charge in [0, 0.05) is 50.0 Å². The lowest BCUT2D eigenvalue weighted by Gasteiger charge is -2.35. The van der Waals surface area contributed by atoms with Crippen LogP contribution in [0.15, 0.2) is 40.4 Å². The molecule has 0 radical (unpaired) electrons. The third-order valence-electron chi connectivity index (χ3n) is 4.39. The van der Waals surface area contributed by atoms with E-state index < -0.39 is 12.1 Å². The predicted molar refractivity (Wildman–Crippen MR) is 109 cm³/mol. The number of anilines is 1.